The topological polar surface area (TPSA) is 24.4 Å². The van der Waals surface area contributed by atoms with Gasteiger partial charge in [-0.15, -0.1) is 11.3 Å². The SMILES string of the molecule is C/C(=N/Nc1ccc(Cl)cc1)c1ccc(C)s1. The maximum absolute atomic E-state index is 5.81. The maximum atomic E-state index is 5.81. The summed E-state index contributed by atoms with van der Waals surface area (Å²) in [4.78, 5) is 2.48. The van der Waals surface area contributed by atoms with Crippen LogP contribution in [0.4, 0.5) is 5.69 Å². The zero-order valence-corrected chi connectivity index (χ0v) is 11.3. The highest BCUT2D eigenvalue weighted by Crippen LogP contribution is 2.17. The lowest BCUT2D eigenvalue weighted by atomic mass is 10.3. The molecule has 1 heterocycles. The monoisotopic (exact) mass is 264 g/mol. The van der Waals surface area contributed by atoms with E-state index < -0.39 is 0 Å². The molecule has 0 fully saturated rings. The fourth-order valence-electron chi connectivity index (χ4n) is 1.36. The minimum absolute atomic E-state index is 0.727. The van der Waals surface area contributed by atoms with Gasteiger partial charge in [-0.2, -0.15) is 5.10 Å². The molecule has 0 amide bonds. The molecule has 88 valence electrons. The van der Waals surface area contributed by atoms with Crippen molar-refractivity contribution in [2.75, 3.05) is 5.43 Å². The quantitative estimate of drug-likeness (QED) is 0.638. The average molecular weight is 265 g/mol. The first kappa shape index (κ1) is 12.1. The fraction of sp³-hybridized carbons (Fsp3) is 0.154. The van der Waals surface area contributed by atoms with Gasteiger partial charge in [0.15, 0.2) is 0 Å². The van der Waals surface area contributed by atoms with E-state index in [1.165, 1.54) is 9.75 Å². The van der Waals surface area contributed by atoms with Gasteiger partial charge in [0, 0.05) is 9.90 Å². The summed E-state index contributed by atoms with van der Waals surface area (Å²) in [5.74, 6) is 0. The fourth-order valence-corrected chi connectivity index (χ4v) is 2.30. The molecule has 1 aromatic carbocycles. The van der Waals surface area contributed by atoms with E-state index >= 15 is 0 Å². The number of nitrogens with zero attached hydrogens (tertiary/aromatic N) is 1. The smallest absolute Gasteiger partial charge is 0.0748 e. The van der Waals surface area contributed by atoms with Gasteiger partial charge >= 0.3 is 0 Å². The van der Waals surface area contributed by atoms with Gasteiger partial charge in [-0.25, -0.2) is 0 Å². The highest BCUT2D eigenvalue weighted by molar-refractivity contribution is 7.14. The first-order valence-corrected chi connectivity index (χ1v) is 6.47. The molecule has 2 nitrogen and oxygen atoms in total. The first-order chi connectivity index (χ1) is 8.15. The molecule has 1 N–H and O–H groups in total. The number of benzene rings is 1. The maximum Gasteiger partial charge on any atom is 0.0748 e. The van der Waals surface area contributed by atoms with E-state index in [1.54, 1.807) is 11.3 Å². The van der Waals surface area contributed by atoms with Crippen LogP contribution < -0.4 is 5.43 Å². The van der Waals surface area contributed by atoms with E-state index in [0.717, 1.165) is 16.4 Å². The number of nitrogens with one attached hydrogen (secondary N) is 1. The second-order valence-electron chi connectivity index (χ2n) is 3.73. The van der Waals surface area contributed by atoms with Crippen molar-refractivity contribution in [3.63, 3.8) is 0 Å². The number of halogens is 1. The van der Waals surface area contributed by atoms with Crippen molar-refractivity contribution in [2.45, 2.75) is 13.8 Å². The number of aryl methyl sites for hydroxylation is 1. The van der Waals surface area contributed by atoms with Gasteiger partial charge in [-0.05, 0) is 50.2 Å². The highest BCUT2D eigenvalue weighted by Gasteiger charge is 2.00. The van der Waals surface area contributed by atoms with Crippen LogP contribution in [0.1, 0.15) is 16.7 Å². The molecule has 0 aliphatic carbocycles. The van der Waals surface area contributed by atoms with Crippen molar-refractivity contribution >= 4 is 34.3 Å². The normalized spacial score (nSPS) is 11.6. The molecule has 0 unspecified atom stereocenters. The molecule has 0 atom stereocenters. The Kier molecular flexibility index (Phi) is 3.82. The minimum atomic E-state index is 0.727. The number of anilines is 1. The van der Waals surface area contributed by atoms with Crippen molar-refractivity contribution in [3.8, 4) is 0 Å². The molecule has 0 spiro atoms. The Bertz CT molecular complexity index is 529. The summed E-state index contributed by atoms with van der Waals surface area (Å²) in [6.07, 6.45) is 0. The zero-order valence-electron chi connectivity index (χ0n) is 9.70. The van der Waals surface area contributed by atoms with E-state index in [4.69, 9.17) is 11.6 Å². The molecule has 0 saturated carbocycles. The molecule has 4 heteroatoms. The van der Waals surface area contributed by atoms with Crippen LogP contribution in [0.25, 0.3) is 0 Å². The molecule has 0 aliphatic heterocycles. The second-order valence-corrected chi connectivity index (χ2v) is 5.45. The Morgan fingerprint density at radius 3 is 2.47 bits per heavy atom. The van der Waals surface area contributed by atoms with Crippen LogP contribution in [-0.2, 0) is 0 Å². The Labute approximate surface area is 110 Å². The third-order valence-electron chi connectivity index (χ3n) is 2.29. The van der Waals surface area contributed by atoms with Crippen LogP contribution in [0.5, 0.6) is 0 Å². The summed E-state index contributed by atoms with van der Waals surface area (Å²) in [7, 11) is 0. The van der Waals surface area contributed by atoms with Crippen molar-refractivity contribution < 1.29 is 0 Å². The Morgan fingerprint density at radius 1 is 1.18 bits per heavy atom. The molecule has 0 bridgehead atoms. The minimum Gasteiger partial charge on any atom is -0.278 e. The van der Waals surface area contributed by atoms with Crippen molar-refractivity contribution in [1.29, 1.82) is 0 Å². The third kappa shape index (κ3) is 3.32. The molecule has 0 radical (unpaired) electrons. The predicted molar refractivity (Wildman–Crippen MR) is 76.3 cm³/mol. The van der Waals surface area contributed by atoms with Crippen LogP contribution >= 0.6 is 22.9 Å². The summed E-state index contributed by atoms with van der Waals surface area (Å²) in [5, 5.41) is 5.07. The van der Waals surface area contributed by atoms with Crippen LogP contribution in [0.15, 0.2) is 41.5 Å². The van der Waals surface area contributed by atoms with Gasteiger partial charge in [0.25, 0.3) is 0 Å². The van der Waals surface area contributed by atoms with Crippen molar-refractivity contribution in [2.24, 2.45) is 5.10 Å². The van der Waals surface area contributed by atoms with Gasteiger partial charge < -0.3 is 0 Å². The number of hydrogen-bond donors (Lipinski definition) is 1. The zero-order chi connectivity index (χ0) is 12.3. The largest absolute Gasteiger partial charge is 0.278 e. The summed E-state index contributed by atoms with van der Waals surface area (Å²) in [5.41, 5.74) is 4.93. The van der Waals surface area contributed by atoms with E-state index in [0.29, 0.717) is 0 Å². The molecule has 17 heavy (non-hydrogen) atoms. The van der Waals surface area contributed by atoms with Gasteiger partial charge in [0.2, 0.25) is 0 Å². The number of thiophene rings is 1. The number of hydrazone groups is 1. The molecule has 2 aromatic rings. The number of rotatable bonds is 3. The van der Waals surface area contributed by atoms with Crippen LogP contribution in [0.2, 0.25) is 5.02 Å². The summed E-state index contributed by atoms with van der Waals surface area (Å²) in [6, 6.07) is 11.7. The Morgan fingerprint density at radius 2 is 1.88 bits per heavy atom. The standard InChI is InChI=1S/C13H13ClN2S/c1-9-3-8-13(17-9)10(2)15-16-12-6-4-11(14)5-7-12/h3-8,16H,1-2H3/b15-10-. The van der Waals surface area contributed by atoms with Gasteiger partial charge in [-0.3, -0.25) is 5.43 Å². The summed E-state index contributed by atoms with van der Waals surface area (Å²) >= 11 is 7.55. The van der Waals surface area contributed by atoms with E-state index in [-0.39, 0.29) is 0 Å². The van der Waals surface area contributed by atoms with Gasteiger partial charge in [0.05, 0.1) is 16.3 Å². The summed E-state index contributed by atoms with van der Waals surface area (Å²) < 4.78 is 0. The van der Waals surface area contributed by atoms with Crippen molar-refractivity contribution in [1.82, 2.24) is 0 Å². The van der Waals surface area contributed by atoms with Crippen molar-refractivity contribution in [3.05, 3.63) is 51.2 Å². The molecule has 0 aliphatic rings. The molecular formula is C13H13ClN2S. The lowest BCUT2D eigenvalue weighted by Crippen LogP contribution is -1.96. The Balaban J connectivity index is 2.08. The summed E-state index contributed by atoms with van der Waals surface area (Å²) in [6.45, 7) is 4.09. The lowest BCUT2D eigenvalue weighted by molar-refractivity contribution is 1.33. The van der Waals surface area contributed by atoms with E-state index in [2.05, 4.69) is 29.6 Å². The van der Waals surface area contributed by atoms with Gasteiger partial charge in [-0.1, -0.05) is 11.6 Å². The van der Waals surface area contributed by atoms with Crippen LogP contribution in [0.3, 0.4) is 0 Å². The highest BCUT2D eigenvalue weighted by atomic mass is 35.5. The molecule has 0 saturated heterocycles. The number of hydrogen-bond acceptors (Lipinski definition) is 3. The molecular weight excluding hydrogens is 252 g/mol. The Hall–Kier alpha value is -1.32. The van der Waals surface area contributed by atoms with E-state index in [1.807, 2.05) is 31.2 Å². The van der Waals surface area contributed by atoms with Crippen LogP contribution in [0, 0.1) is 6.92 Å². The molecule has 1 aromatic heterocycles. The lowest BCUT2D eigenvalue weighted by Gasteiger charge is -2.01. The third-order valence-corrected chi connectivity index (χ3v) is 3.66. The average Bonchev–Trinajstić information content (AvgIpc) is 2.75. The van der Waals surface area contributed by atoms with Crippen LogP contribution in [-0.4, -0.2) is 5.71 Å². The van der Waals surface area contributed by atoms with Gasteiger partial charge in [0.1, 0.15) is 0 Å². The van der Waals surface area contributed by atoms with E-state index in [9.17, 15) is 0 Å². The molecule has 2 rings (SSSR count). The first-order valence-electron chi connectivity index (χ1n) is 5.28. The predicted octanol–water partition coefficient (Wildman–Crippen LogP) is 4.55. The second kappa shape index (κ2) is 5.34.